The van der Waals surface area contributed by atoms with E-state index in [1.54, 1.807) is 11.4 Å². The fourth-order valence-corrected chi connectivity index (χ4v) is 2.34. The summed E-state index contributed by atoms with van der Waals surface area (Å²) in [6, 6.07) is 9.46. The maximum atomic E-state index is 12.3. The summed E-state index contributed by atoms with van der Waals surface area (Å²) in [7, 11) is 0. The van der Waals surface area contributed by atoms with Gasteiger partial charge in [0.1, 0.15) is 6.54 Å². The summed E-state index contributed by atoms with van der Waals surface area (Å²) in [5, 5.41) is 15.8. The van der Waals surface area contributed by atoms with Crippen LogP contribution >= 0.6 is 0 Å². The van der Waals surface area contributed by atoms with Crippen LogP contribution in [-0.2, 0) is 6.54 Å². The first kappa shape index (κ1) is 20.7. The molecule has 0 aromatic heterocycles. The van der Waals surface area contributed by atoms with Crippen LogP contribution in [0.1, 0.15) is 26.3 Å². The number of amides is 2. The SMILES string of the molecule is NC(=O)c1ccc(CNc2ccccc2C(=O)NCC(F)(F)F)c([N+](=O)[O-])c1. The van der Waals surface area contributed by atoms with Gasteiger partial charge in [-0.25, -0.2) is 0 Å². The number of nitro groups is 1. The van der Waals surface area contributed by atoms with Crippen LogP contribution in [-0.4, -0.2) is 29.5 Å². The number of carbonyl (C=O) groups is 2. The molecular formula is C17H15F3N4O4. The molecule has 2 amide bonds. The first-order valence-electron chi connectivity index (χ1n) is 7.83. The lowest BCUT2D eigenvalue weighted by atomic mass is 10.1. The van der Waals surface area contributed by atoms with Crippen molar-refractivity contribution in [3.63, 3.8) is 0 Å². The molecule has 0 fully saturated rings. The van der Waals surface area contributed by atoms with Crippen molar-refractivity contribution >= 4 is 23.2 Å². The summed E-state index contributed by atoms with van der Waals surface area (Å²) >= 11 is 0. The molecule has 2 aromatic rings. The van der Waals surface area contributed by atoms with Crippen LogP contribution in [0, 0.1) is 10.1 Å². The zero-order valence-corrected chi connectivity index (χ0v) is 14.2. The molecule has 2 rings (SSSR count). The fourth-order valence-electron chi connectivity index (χ4n) is 2.34. The first-order chi connectivity index (χ1) is 13.1. The molecule has 0 saturated heterocycles. The van der Waals surface area contributed by atoms with E-state index in [2.05, 4.69) is 5.32 Å². The van der Waals surface area contributed by atoms with Gasteiger partial charge in [0, 0.05) is 29.4 Å². The van der Waals surface area contributed by atoms with E-state index in [4.69, 9.17) is 5.73 Å². The molecule has 8 nitrogen and oxygen atoms in total. The van der Waals surface area contributed by atoms with Crippen molar-refractivity contribution in [1.29, 1.82) is 0 Å². The van der Waals surface area contributed by atoms with Gasteiger partial charge in [0.15, 0.2) is 0 Å². The van der Waals surface area contributed by atoms with Gasteiger partial charge in [0.2, 0.25) is 5.91 Å². The Morgan fingerprint density at radius 3 is 2.43 bits per heavy atom. The zero-order chi connectivity index (χ0) is 20.9. The van der Waals surface area contributed by atoms with Gasteiger partial charge in [-0.05, 0) is 24.3 Å². The summed E-state index contributed by atoms with van der Waals surface area (Å²) in [4.78, 5) is 33.7. The highest BCUT2D eigenvalue weighted by Gasteiger charge is 2.28. The van der Waals surface area contributed by atoms with Gasteiger partial charge >= 0.3 is 6.18 Å². The van der Waals surface area contributed by atoms with E-state index in [-0.39, 0.29) is 34.6 Å². The Morgan fingerprint density at radius 2 is 1.82 bits per heavy atom. The van der Waals surface area contributed by atoms with E-state index >= 15 is 0 Å². The Hall–Kier alpha value is -3.63. The van der Waals surface area contributed by atoms with Crippen LogP contribution in [0.2, 0.25) is 0 Å². The molecule has 0 radical (unpaired) electrons. The lowest BCUT2D eigenvalue weighted by Crippen LogP contribution is -2.34. The maximum Gasteiger partial charge on any atom is 0.405 e. The quantitative estimate of drug-likeness (QED) is 0.490. The number of nitrogens with zero attached hydrogens (tertiary/aromatic N) is 1. The first-order valence-corrected chi connectivity index (χ1v) is 7.83. The number of alkyl halides is 3. The normalized spacial score (nSPS) is 11.0. The number of nitrogens with one attached hydrogen (secondary N) is 2. The van der Waals surface area contributed by atoms with Crippen molar-refractivity contribution in [3.05, 3.63) is 69.3 Å². The fraction of sp³-hybridized carbons (Fsp3) is 0.176. The largest absolute Gasteiger partial charge is 0.405 e. The van der Waals surface area contributed by atoms with Gasteiger partial charge in [0.25, 0.3) is 11.6 Å². The molecule has 0 aliphatic heterocycles. The number of rotatable bonds is 7. The van der Waals surface area contributed by atoms with Gasteiger partial charge in [-0.15, -0.1) is 0 Å². The second-order valence-corrected chi connectivity index (χ2v) is 5.66. The molecule has 0 aliphatic carbocycles. The van der Waals surface area contributed by atoms with E-state index in [1.165, 1.54) is 30.3 Å². The Morgan fingerprint density at radius 1 is 1.14 bits per heavy atom. The molecule has 28 heavy (non-hydrogen) atoms. The van der Waals surface area contributed by atoms with Gasteiger partial charge < -0.3 is 16.4 Å². The van der Waals surface area contributed by atoms with Crippen LogP contribution < -0.4 is 16.4 Å². The number of anilines is 1. The van der Waals surface area contributed by atoms with Crippen molar-refractivity contribution in [1.82, 2.24) is 5.32 Å². The van der Waals surface area contributed by atoms with Crippen LogP contribution in [0.4, 0.5) is 24.5 Å². The number of hydrogen-bond acceptors (Lipinski definition) is 5. The molecule has 11 heteroatoms. The zero-order valence-electron chi connectivity index (χ0n) is 14.2. The van der Waals surface area contributed by atoms with Crippen molar-refractivity contribution in [2.45, 2.75) is 12.7 Å². The summed E-state index contributed by atoms with van der Waals surface area (Å²) in [6.45, 7) is -1.60. The van der Waals surface area contributed by atoms with Gasteiger partial charge in [-0.3, -0.25) is 19.7 Å². The van der Waals surface area contributed by atoms with Crippen molar-refractivity contribution < 1.29 is 27.7 Å². The third kappa shape index (κ3) is 5.43. The molecule has 148 valence electrons. The van der Waals surface area contributed by atoms with E-state index in [1.807, 2.05) is 0 Å². The number of nitro benzene ring substituents is 1. The van der Waals surface area contributed by atoms with Crippen LogP contribution in [0.25, 0.3) is 0 Å². The highest BCUT2D eigenvalue weighted by Crippen LogP contribution is 2.23. The Kier molecular flexibility index (Phi) is 6.18. The number of primary amides is 1. The molecule has 0 unspecified atom stereocenters. The third-order valence-electron chi connectivity index (χ3n) is 3.66. The number of nitrogens with two attached hydrogens (primary N) is 1. The van der Waals surface area contributed by atoms with Crippen LogP contribution in [0.15, 0.2) is 42.5 Å². The van der Waals surface area contributed by atoms with Crippen molar-refractivity contribution in [2.24, 2.45) is 5.73 Å². The second kappa shape index (κ2) is 8.37. The topological polar surface area (TPSA) is 127 Å². The predicted molar refractivity (Wildman–Crippen MR) is 93.8 cm³/mol. The highest BCUT2D eigenvalue weighted by molar-refractivity contribution is 5.99. The lowest BCUT2D eigenvalue weighted by molar-refractivity contribution is -0.385. The average Bonchev–Trinajstić information content (AvgIpc) is 2.63. The predicted octanol–water partition coefficient (Wildman–Crippen LogP) is 2.60. The standard InChI is InChI=1S/C17H15F3N4O4/c18-17(19,20)9-23-16(26)12-3-1-2-4-13(12)22-8-11-6-5-10(15(21)25)7-14(11)24(27)28/h1-7,22H,8-9H2,(H2,21,25)(H,23,26). The molecule has 0 bridgehead atoms. The summed E-state index contributed by atoms with van der Waals surface area (Å²) in [5.74, 6) is -1.77. The minimum Gasteiger partial charge on any atom is -0.380 e. The number of para-hydroxylation sites is 1. The van der Waals surface area contributed by atoms with E-state index in [0.717, 1.165) is 6.07 Å². The van der Waals surface area contributed by atoms with Gasteiger partial charge in [0.05, 0.1) is 10.5 Å². The van der Waals surface area contributed by atoms with E-state index in [9.17, 15) is 32.9 Å². The molecule has 0 saturated carbocycles. The monoisotopic (exact) mass is 396 g/mol. The Labute approximate surface area is 156 Å². The van der Waals surface area contributed by atoms with Gasteiger partial charge in [-0.1, -0.05) is 12.1 Å². The second-order valence-electron chi connectivity index (χ2n) is 5.66. The van der Waals surface area contributed by atoms with Gasteiger partial charge in [-0.2, -0.15) is 13.2 Å². The smallest absolute Gasteiger partial charge is 0.380 e. The Balaban J connectivity index is 2.21. The number of benzene rings is 2. The summed E-state index contributed by atoms with van der Waals surface area (Å²) in [5.41, 5.74) is 5.04. The average molecular weight is 396 g/mol. The molecular weight excluding hydrogens is 381 g/mol. The molecule has 0 aliphatic rings. The van der Waals surface area contributed by atoms with Crippen LogP contribution in [0.3, 0.4) is 0 Å². The lowest BCUT2D eigenvalue weighted by Gasteiger charge is -2.13. The molecule has 2 aromatic carbocycles. The van der Waals surface area contributed by atoms with Crippen LogP contribution in [0.5, 0.6) is 0 Å². The van der Waals surface area contributed by atoms with E-state index < -0.39 is 29.5 Å². The number of hydrogen-bond donors (Lipinski definition) is 3. The summed E-state index contributed by atoms with van der Waals surface area (Å²) in [6.07, 6.45) is -4.55. The van der Waals surface area contributed by atoms with Crippen molar-refractivity contribution in [2.75, 3.05) is 11.9 Å². The minimum absolute atomic E-state index is 0.0395. The third-order valence-corrected chi connectivity index (χ3v) is 3.66. The number of carbonyl (C=O) groups excluding carboxylic acids is 2. The minimum atomic E-state index is -4.55. The number of halogens is 3. The molecule has 4 N–H and O–H groups in total. The Bertz CT molecular complexity index is 916. The van der Waals surface area contributed by atoms with E-state index in [0.29, 0.717) is 0 Å². The molecule has 0 atom stereocenters. The maximum absolute atomic E-state index is 12.3. The molecule has 0 spiro atoms. The van der Waals surface area contributed by atoms with Crippen molar-refractivity contribution in [3.8, 4) is 0 Å². The highest BCUT2D eigenvalue weighted by atomic mass is 19.4. The molecule has 0 heterocycles. The summed E-state index contributed by atoms with van der Waals surface area (Å²) < 4.78 is 36.9.